The first-order chi connectivity index (χ1) is 58.7. The van der Waals surface area contributed by atoms with E-state index < -0.39 is 18.2 Å². The maximum Gasteiger partial charge on any atom is 0.418 e. The van der Waals surface area contributed by atoms with Crippen LogP contribution in [0.2, 0.25) is 5.02 Å². The van der Waals surface area contributed by atoms with E-state index in [4.69, 9.17) is 11.6 Å². The SMILES string of the molecule is CC(C)(C)c1cccc2cncc(C(F)(F)F)c12.CC(C)(C)c1cccc2cncc(C(F)F)c12.CC(C)(C)c1cccc2cncc(CO)c12.CC(C)(C)c1cccc2cncc(Cl)c12.CC(C)(C)c1cccc2cncc(F)c12.CC(C)(C)c1cccc2cnccc12.Cc1c[nH]c(=O)c2cccc(C(C)(C)C)c12.Cc1cncc2cccc(C(C)(C)C)c12. The van der Waals surface area contributed by atoms with Crippen LogP contribution in [-0.2, 0) is 56.1 Å². The number of hydrogen-bond acceptors (Lipinski definition) is 9. The van der Waals surface area contributed by atoms with Crippen LogP contribution >= 0.6 is 11.6 Å². The number of aliphatic hydroxyl groups excluding tert-OH is 1. The number of pyridine rings is 8. The second kappa shape index (κ2) is 39.7. The van der Waals surface area contributed by atoms with E-state index in [2.05, 4.69) is 238 Å². The topological polar surface area (TPSA) is 143 Å². The molecule has 0 aliphatic carbocycles. The van der Waals surface area contributed by atoms with E-state index in [0.717, 1.165) is 76.6 Å². The molecule has 8 aromatic carbocycles. The molecule has 16 aromatic rings. The number of aliphatic hydroxyl groups is 1. The Morgan fingerprint density at radius 3 is 1.12 bits per heavy atom. The molecule has 16 rings (SSSR count). The first-order valence-corrected chi connectivity index (χ1v) is 42.9. The van der Waals surface area contributed by atoms with Gasteiger partial charge in [0.2, 0.25) is 0 Å². The van der Waals surface area contributed by atoms with Gasteiger partial charge in [-0.3, -0.25) is 39.7 Å². The van der Waals surface area contributed by atoms with Crippen LogP contribution in [0.25, 0.3) is 86.2 Å². The van der Waals surface area contributed by atoms with Gasteiger partial charge in [-0.25, -0.2) is 13.2 Å². The van der Waals surface area contributed by atoms with Crippen molar-refractivity contribution in [3.05, 3.63) is 338 Å². The molecule has 0 radical (unpaired) electrons. The molecule has 0 aliphatic heterocycles. The molecule has 0 aliphatic rings. The van der Waals surface area contributed by atoms with Crippen LogP contribution in [0.1, 0.15) is 245 Å². The molecule has 0 amide bonds. The van der Waals surface area contributed by atoms with Crippen LogP contribution < -0.4 is 5.56 Å². The minimum Gasteiger partial charge on any atom is -0.392 e. The zero-order valence-electron chi connectivity index (χ0n) is 78.0. The number of H-pyrrole nitrogens is 1. The lowest BCUT2D eigenvalue weighted by atomic mass is 9.83. The largest absolute Gasteiger partial charge is 0.418 e. The van der Waals surface area contributed by atoms with Crippen LogP contribution in [-0.4, -0.2) is 45.0 Å². The van der Waals surface area contributed by atoms with Crippen molar-refractivity contribution in [2.45, 2.75) is 243 Å². The highest BCUT2D eigenvalue weighted by Gasteiger charge is 2.35. The van der Waals surface area contributed by atoms with Gasteiger partial charge in [-0.1, -0.05) is 317 Å². The smallest absolute Gasteiger partial charge is 0.392 e. The minimum atomic E-state index is -4.38. The average molecular weight is 1730 g/mol. The molecule has 17 heteroatoms. The van der Waals surface area contributed by atoms with Gasteiger partial charge in [0.1, 0.15) is 5.82 Å². The zero-order valence-corrected chi connectivity index (χ0v) is 78.8. The lowest BCUT2D eigenvalue weighted by Gasteiger charge is -2.23. The van der Waals surface area contributed by atoms with Gasteiger partial charge in [0.25, 0.3) is 12.0 Å². The molecule has 8 aromatic heterocycles. The monoisotopic (exact) mass is 1720 g/mol. The Labute approximate surface area is 745 Å². The summed E-state index contributed by atoms with van der Waals surface area (Å²) < 4.78 is 78.9. The molecule has 126 heavy (non-hydrogen) atoms. The molecule has 660 valence electrons. The third kappa shape index (κ3) is 24.3. The van der Waals surface area contributed by atoms with Gasteiger partial charge in [-0.15, -0.1) is 0 Å². The van der Waals surface area contributed by atoms with Gasteiger partial charge in [0, 0.05) is 157 Å². The maximum absolute atomic E-state index is 13.7. The number of alkyl halides is 5. The molecule has 10 nitrogen and oxygen atoms in total. The van der Waals surface area contributed by atoms with Crippen molar-refractivity contribution >= 4 is 97.8 Å². The van der Waals surface area contributed by atoms with Gasteiger partial charge in [0.05, 0.1) is 23.4 Å². The molecule has 0 spiro atoms. The molecule has 0 unspecified atom stereocenters. The molecular formula is C109H123ClF6N8O2. The van der Waals surface area contributed by atoms with E-state index in [9.17, 15) is 36.2 Å². The summed E-state index contributed by atoms with van der Waals surface area (Å²) >= 11 is 6.21. The number of fused-ring (bicyclic) bond motifs is 8. The number of nitrogens with one attached hydrogen (secondary N) is 1. The summed E-state index contributed by atoms with van der Waals surface area (Å²) in [6, 6.07) is 50.0. The van der Waals surface area contributed by atoms with Gasteiger partial charge >= 0.3 is 6.18 Å². The van der Waals surface area contributed by atoms with Crippen LogP contribution in [0.15, 0.2) is 249 Å². The van der Waals surface area contributed by atoms with E-state index in [-0.39, 0.29) is 72.3 Å². The average Bonchev–Trinajstić information content (AvgIpc) is 0.773. The van der Waals surface area contributed by atoms with Crippen LogP contribution in [0, 0.1) is 19.7 Å². The van der Waals surface area contributed by atoms with Crippen molar-refractivity contribution in [3.63, 3.8) is 0 Å². The fourth-order valence-corrected chi connectivity index (χ4v) is 16.0. The molecular weight excluding hydrogens is 1600 g/mol. The lowest BCUT2D eigenvalue weighted by molar-refractivity contribution is -0.136. The highest BCUT2D eigenvalue weighted by Crippen LogP contribution is 2.43. The molecule has 0 saturated carbocycles. The Morgan fingerprint density at radius 2 is 0.659 bits per heavy atom. The molecule has 2 N–H and O–H groups in total. The predicted octanol–water partition coefficient (Wildman–Crippen LogP) is 30.4. The van der Waals surface area contributed by atoms with E-state index in [1.807, 2.05) is 152 Å². The quantitative estimate of drug-likeness (QED) is 0.162. The van der Waals surface area contributed by atoms with Crippen LogP contribution in [0.5, 0.6) is 0 Å². The molecule has 0 bridgehead atoms. The van der Waals surface area contributed by atoms with E-state index >= 15 is 0 Å². The number of rotatable bonds is 2. The second-order valence-electron chi connectivity index (χ2n) is 40.2. The third-order valence-corrected chi connectivity index (χ3v) is 22.2. The number of halogens is 7. The highest BCUT2D eigenvalue weighted by molar-refractivity contribution is 6.35. The molecule has 8 heterocycles. The van der Waals surface area contributed by atoms with Gasteiger partial charge in [-0.05, 0) is 152 Å². The minimum absolute atomic E-state index is 0.00769. The number of nitrogens with zero attached hydrogens (tertiary/aromatic N) is 7. The second-order valence-corrected chi connectivity index (χ2v) is 40.6. The summed E-state index contributed by atoms with van der Waals surface area (Å²) in [5.41, 5.74) is 11.9. The first-order valence-electron chi connectivity index (χ1n) is 42.6. The summed E-state index contributed by atoms with van der Waals surface area (Å²) in [7, 11) is 0. The number of aryl methyl sites for hydroxylation is 2. The third-order valence-electron chi connectivity index (χ3n) is 21.9. The normalized spacial score (nSPS) is 12.2. The predicted molar refractivity (Wildman–Crippen MR) is 517 cm³/mol. The Bertz CT molecular complexity index is 6240. The van der Waals surface area contributed by atoms with Crippen molar-refractivity contribution in [1.82, 2.24) is 39.9 Å². The van der Waals surface area contributed by atoms with Crippen molar-refractivity contribution in [3.8, 4) is 0 Å². The molecule has 0 fully saturated rings. The highest BCUT2D eigenvalue weighted by atomic mass is 35.5. The standard InChI is InChI=1S/C14H14F3N.C14H15F2N.2C14H17NO.C14H17N.C13H14ClN.C13H14FN.C13H15N/c1-13(2,3)10-6-4-5-9-7-18-8-11(12(9)10)14(15,16)17;1-14(2,3)11-6-4-5-9-7-17-8-10(12(9)11)13(15)16;1-9-8-15-13(16)10-6-5-7-11(12(9)10)14(2,3)4;1-14(2,3)12-6-4-5-10-7-15-8-11(9-16)13(10)12;1-10-8-15-9-11-6-5-7-12(13(10)11)14(2,3)4;2*1-13(2,3)10-6-4-5-9-7-15-8-11(14)12(9)10;1-13(2,3)12-6-4-5-10-9-14-8-7-11(10)12/h4-8H,1-3H3;4-8,13H,1-3H3;5-8H,1-4H3,(H,15,16);4-8,16H,9H2,1-3H3;5-9H,1-4H3;2*4-8H,1-3H3;4-9H,1-3H3. The molecule has 0 atom stereocenters. The van der Waals surface area contributed by atoms with E-state index in [0.29, 0.717) is 21.7 Å². The van der Waals surface area contributed by atoms with Gasteiger partial charge in [0.15, 0.2) is 0 Å². The number of benzene rings is 8. The van der Waals surface area contributed by atoms with Crippen LogP contribution in [0.4, 0.5) is 26.3 Å². The fraction of sp³-hybridized carbons (Fsp3) is 0.339. The molecule has 0 saturated heterocycles. The Kier molecular flexibility index (Phi) is 31.0. The number of aromatic nitrogens is 8. The van der Waals surface area contributed by atoms with Crippen LogP contribution in [0.3, 0.4) is 0 Å². The Morgan fingerprint density at radius 1 is 0.325 bits per heavy atom. The summed E-state index contributed by atoms with van der Waals surface area (Å²) in [6.07, 6.45) is 18.0. The van der Waals surface area contributed by atoms with Gasteiger partial charge < -0.3 is 10.1 Å². The Hall–Kier alpha value is -11.3. The summed E-state index contributed by atoms with van der Waals surface area (Å²) in [5, 5.41) is 25.4. The van der Waals surface area contributed by atoms with Crippen molar-refractivity contribution in [1.29, 1.82) is 0 Å². The first kappa shape index (κ1) is 98.5. The fourth-order valence-electron chi connectivity index (χ4n) is 15.7. The van der Waals surface area contributed by atoms with Crippen molar-refractivity contribution < 1.29 is 31.4 Å². The van der Waals surface area contributed by atoms with Gasteiger partial charge in [-0.2, -0.15) is 13.2 Å². The van der Waals surface area contributed by atoms with Crippen molar-refractivity contribution in [2.75, 3.05) is 0 Å². The zero-order chi connectivity index (χ0) is 93.2. The van der Waals surface area contributed by atoms with Crippen molar-refractivity contribution in [2.24, 2.45) is 0 Å². The summed E-state index contributed by atoms with van der Waals surface area (Å²) in [4.78, 5) is 42.6. The summed E-state index contributed by atoms with van der Waals surface area (Å²) in [6.45, 7) is 55.4. The Balaban J connectivity index is 0.000000163. The van der Waals surface area contributed by atoms with E-state index in [1.54, 1.807) is 49.2 Å². The van der Waals surface area contributed by atoms with E-state index in [1.165, 1.54) is 73.5 Å². The maximum atomic E-state index is 13.7. The lowest BCUT2D eigenvalue weighted by Crippen LogP contribution is -2.15. The number of hydrogen-bond donors (Lipinski definition) is 2. The summed E-state index contributed by atoms with van der Waals surface area (Å²) in [5.74, 6) is -0.238. The number of aromatic amines is 1.